The van der Waals surface area contributed by atoms with Crippen LogP contribution in [0.5, 0.6) is 0 Å². The van der Waals surface area contributed by atoms with Gasteiger partial charge in [0.2, 0.25) is 0 Å². The molecule has 0 aromatic carbocycles. The zero-order valence-electron chi connectivity index (χ0n) is 9.34. The molecule has 1 N–H and O–H groups in total. The first-order valence-corrected chi connectivity index (χ1v) is 6.32. The molecule has 0 rings (SSSR count). The van der Waals surface area contributed by atoms with Gasteiger partial charge in [0.25, 0.3) is 0 Å². The van der Waals surface area contributed by atoms with Gasteiger partial charge in [-0.15, -0.1) is 0 Å². The van der Waals surface area contributed by atoms with Gasteiger partial charge in [-0.05, 0) is 32.6 Å². The monoisotopic (exact) mass is 219 g/mol. The minimum absolute atomic E-state index is 0.103. The Balaban J connectivity index is 3.24. The molecular weight excluding hydrogens is 198 g/mol. The highest BCUT2D eigenvalue weighted by molar-refractivity contribution is 7.99. The molecule has 0 radical (unpaired) electrons. The maximum absolute atomic E-state index is 11.0. The van der Waals surface area contributed by atoms with Gasteiger partial charge in [0, 0.05) is 6.04 Å². The lowest BCUT2D eigenvalue weighted by Crippen LogP contribution is -2.26. The van der Waals surface area contributed by atoms with Crippen LogP contribution in [0.2, 0.25) is 0 Å². The van der Waals surface area contributed by atoms with Gasteiger partial charge in [0.05, 0.1) is 12.4 Å². The van der Waals surface area contributed by atoms with Crippen molar-refractivity contribution in [2.75, 3.05) is 24.7 Å². The van der Waals surface area contributed by atoms with Gasteiger partial charge in [-0.3, -0.25) is 4.79 Å². The summed E-state index contributed by atoms with van der Waals surface area (Å²) in [6.45, 7) is 7.57. The molecule has 1 atom stereocenters. The van der Waals surface area contributed by atoms with Crippen molar-refractivity contribution in [3.8, 4) is 0 Å². The lowest BCUT2D eigenvalue weighted by atomic mass is 10.3. The van der Waals surface area contributed by atoms with Gasteiger partial charge in [0.15, 0.2) is 0 Å². The predicted molar refractivity (Wildman–Crippen MR) is 61.7 cm³/mol. The molecule has 0 heterocycles. The Morgan fingerprint density at radius 3 is 2.79 bits per heavy atom. The summed E-state index contributed by atoms with van der Waals surface area (Å²) in [5, 5.41) is 3.33. The third-order valence-electron chi connectivity index (χ3n) is 1.77. The van der Waals surface area contributed by atoms with Crippen LogP contribution >= 0.6 is 11.8 Å². The van der Waals surface area contributed by atoms with Crippen molar-refractivity contribution < 1.29 is 9.53 Å². The van der Waals surface area contributed by atoms with Gasteiger partial charge in [0.1, 0.15) is 0 Å². The average Bonchev–Trinajstić information content (AvgIpc) is 2.13. The molecule has 0 aromatic heterocycles. The fourth-order valence-electron chi connectivity index (χ4n) is 1.07. The van der Waals surface area contributed by atoms with Crippen LogP contribution in [0.15, 0.2) is 0 Å². The van der Waals surface area contributed by atoms with Crippen molar-refractivity contribution in [3.63, 3.8) is 0 Å². The molecule has 0 aromatic rings. The summed E-state index contributed by atoms with van der Waals surface area (Å²) in [6, 6.07) is 0.537. The van der Waals surface area contributed by atoms with Crippen LogP contribution in [-0.2, 0) is 9.53 Å². The minimum atomic E-state index is -0.103. The van der Waals surface area contributed by atoms with Crippen molar-refractivity contribution in [3.05, 3.63) is 0 Å². The smallest absolute Gasteiger partial charge is 0.315 e. The maximum Gasteiger partial charge on any atom is 0.315 e. The molecule has 0 aliphatic heterocycles. The van der Waals surface area contributed by atoms with Gasteiger partial charge < -0.3 is 10.1 Å². The van der Waals surface area contributed by atoms with Crippen LogP contribution in [0.4, 0.5) is 0 Å². The Hall–Kier alpha value is -0.220. The van der Waals surface area contributed by atoms with Crippen LogP contribution < -0.4 is 5.32 Å². The quantitative estimate of drug-likeness (QED) is 0.498. The van der Waals surface area contributed by atoms with E-state index in [0.29, 0.717) is 18.4 Å². The second kappa shape index (κ2) is 9.34. The second-order valence-corrected chi connectivity index (χ2v) is 4.21. The molecule has 3 nitrogen and oxygen atoms in total. The summed E-state index contributed by atoms with van der Waals surface area (Å²) in [7, 11) is 0. The number of carbonyl (C=O) groups excluding carboxylic acids is 1. The van der Waals surface area contributed by atoms with E-state index in [9.17, 15) is 4.79 Å². The minimum Gasteiger partial charge on any atom is -0.465 e. The predicted octanol–water partition coefficient (Wildman–Crippen LogP) is 1.67. The SMILES string of the molecule is CCNC(C)CCSCC(=O)OCC. The first-order chi connectivity index (χ1) is 6.70. The molecule has 84 valence electrons. The number of hydrogen-bond donors (Lipinski definition) is 1. The van der Waals surface area contributed by atoms with E-state index in [-0.39, 0.29) is 5.97 Å². The summed E-state index contributed by atoms with van der Waals surface area (Å²) in [5.74, 6) is 1.38. The summed E-state index contributed by atoms with van der Waals surface area (Å²) in [6.07, 6.45) is 1.10. The first-order valence-electron chi connectivity index (χ1n) is 5.17. The van der Waals surface area contributed by atoms with E-state index in [1.54, 1.807) is 11.8 Å². The molecule has 0 bridgehead atoms. The van der Waals surface area contributed by atoms with Gasteiger partial charge in [-0.1, -0.05) is 6.92 Å². The third kappa shape index (κ3) is 8.38. The van der Waals surface area contributed by atoms with Crippen molar-refractivity contribution in [2.24, 2.45) is 0 Å². The second-order valence-electron chi connectivity index (χ2n) is 3.11. The molecule has 0 fully saturated rings. The maximum atomic E-state index is 11.0. The number of nitrogens with one attached hydrogen (secondary N) is 1. The Labute approximate surface area is 91.0 Å². The van der Waals surface area contributed by atoms with E-state index in [1.165, 1.54) is 0 Å². The molecule has 0 aliphatic carbocycles. The molecule has 0 spiro atoms. The van der Waals surface area contributed by atoms with Crippen LogP contribution in [0.1, 0.15) is 27.2 Å². The normalized spacial score (nSPS) is 12.5. The van der Waals surface area contributed by atoms with Crippen molar-refractivity contribution in [2.45, 2.75) is 33.2 Å². The van der Waals surface area contributed by atoms with Crippen LogP contribution in [-0.4, -0.2) is 36.7 Å². The Kier molecular flexibility index (Phi) is 9.19. The number of carbonyl (C=O) groups is 1. The zero-order chi connectivity index (χ0) is 10.8. The molecule has 0 saturated carbocycles. The fourth-order valence-corrected chi connectivity index (χ4v) is 1.98. The molecule has 4 heteroatoms. The van der Waals surface area contributed by atoms with Crippen molar-refractivity contribution in [1.29, 1.82) is 0 Å². The number of esters is 1. The van der Waals surface area contributed by atoms with E-state index in [1.807, 2.05) is 6.92 Å². The average molecular weight is 219 g/mol. The van der Waals surface area contributed by atoms with Crippen LogP contribution in [0.25, 0.3) is 0 Å². The van der Waals surface area contributed by atoms with Crippen LogP contribution in [0, 0.1) is 0 Å². The lowest BCUT2D eigenvalue weighted by molar-refractivity contribution is -0.139. The van der Waals surface area contributed by atoms with Gasteiger partial charge in [-0.2, -0.15) is 11.8 Å². The van der Waals surface area contributed by atoms with E-state index in [4.69, 9.17) is 4.74 Å². The van der Waals surface area contributed by atoms with E-state index in [2.05, 4.69) is 19.2 Å². The number of rotatable bonds is 8. The molecule has 0 amide bonds. The number of thioether (sulfide) groups is 1. The number of hydrogen-bond acceptors (Lipinski definition) is 4. The molecule has 0 aliphatic rings. The first kappa shape index (κ1) is 13.8. The largest absolute Gasteiger partial charge is 0.465 e. The highest BCUT2D eigenvalue weighted by Crippen LogP contribution is 2.05. The van der Waals surface area contributed by atoms with Crippen molar-refractivity contribution in [1.82, 2.24) is 5.32 Å². The highest BCUT2D eigenvalue weighted by Gasteiger charge is 2.03. The standard InChI is InChI=1S/C10H21NO2S/c1-4-11-9(3)6-7-14-8-10(12)13-5-2/h9,11H,4-8H2,1-3H3. The topological polar surface area (TPSA) is 38.3 Å². The molecule has 1 unspecified atom stereocenters. The number of ether oxygens (including phenoxy) is 1. The summed E-state index contributed by atoms with van der Waals surface area (Å²) in [4.78, 5) is 11.0. The Bertz CT molecular complexity index is 153. The van der Waals surface area contributed by atoms with Gasteiger partial charge >= 0.3 is 5.97 Å². The van der Waals surface area contributed by atoms with Gasteiger partial charge in [-0.25, -0.2) is 0 Å². The Morgan fingerprint density at radius 2 is 2.21 bits per heavy atom. The third-order valence-corrected chi connectivity index (χ3v) is 2.74. The van der Waals surface area contributed by atoms with Crippen LogP contribution in [0.3, 0.4) is 0 Å². The van der Waals surface area contributed by atoms with E-state index in [0.717, 1.165) is 18.7 Å². The Morgan fingerprint density at radius 1 is 1.50 bits per heavy atom. The molecule has 0 saturated heterocycles. The van der Waals surface area contributed by atoms with E-state index < -0.39 is 0 Å². The summed E-state index contributed by atoms with van der Waals surface area (Å²) >= 11 is 1.64. The van der Waals surface area contributed by atoms with E-state index >= 15 is 0 Å². The molecule has 14 heavy (non-hydrogen) atoms. The lowest BCUT2D eigenvalue weighted by Gasteiger charge is -2.10. The highest BCUT2D eigenvalue weighted by atomic mass is 32.2. The summed E-state index contributed by atoms with van der Waals surface area (Å²) in [5.41, 5.74) is 0. The zero-order valence-corrected chi connectivity index (χ0v) is 10.2. The van der Waals surface area contributed by atoms with Crippen molar-refractivity contribution >= 4 is 17.7 Å². The fraction of sp³-hybridized carbons (Fsp3) is 0.900. The molecular formula is C10H21NO2S. The summed E-state index contributed by atoms with van der Waals surface area (Å²) < 4.78 is 4.82.